The Morgan fingerprint density at radius 2 is 2.24 bits per heavy atom. The van der Waals surface area contributed by atoms with E-state index in [1.54, 1.807) is 19.1 Å². The average Bonchev–Trinajstić information content (AvgIpc) is 2.68. The van der Waals surface area contributed by atoms with Crippen LogP contribution >= 0.6 is 0 Å². The number of carbonyl (C=O) groups is 1. The minimum absolute atomic E-state index is 0.0537. The van der Waals surface area contributed by atoms with Crippen molar-refractivity contribution in [3.8, 4) is 5.75 Å². The van der Waals surface area contributed by atoms with Crippen LogP contribution in [0.5, 0.6) is 5.75 Å². The van der Waals surface area contributed by atoms with E-state index < -0.39 is 0 Å². The van der Waals surface area contributed by atoms with E-state index >= 15 is 0 Å². The number of hydrogen-bond acceptors (Lipinski definition) is 3. The van der Waals surface area contributed by atoms with E-state index in [1.807, 2.05) is 0 Å². The maximum absolute atomic E-state index is 11.9. The summed E-state index contributed by atoms with van der Waals surface area (Å²) in [4.78, 5) is 11.9. The van der Waals surface area contributed by atoms with Crippen LogP contribution in [0.4, 0.5) is 0 Å². The number of hydrogen-bond donors (Lipinski definition) is 3. The molecular formula is C13H18N2O2. The second kappa shape index (κ2) is 4.75. The van der Waals surface area contributed by atoms with Crippen LogP contribution < -0.4 is 11.1 Å². The predicted molar refractivity (Wildman–Crippen MR) is 65.9 cm³/mol. The fourth-order valence-electron chi connectivity index (χ4n) is 2.17. The standard InChI is InChI=1S/C13H18N2O2/c1-8-5-6-9(7-12(8)16)13(17)15-11-4-2-3-10(11)14/h5-7,10-11,16H,2-4,14H2,1H3,(H,15,17). The topological polar surface area (TPSA) is 75.4 Å². The number of nitrogens with one attached hydrogen (secondary N) is 1. The van der Waals surface area contributed by atoms with E-state index in [0.29, 0.717) is 5.56 Å². The molecule has 0 saturated heterocycles. The molecule has 2 unspecified atom stereocenters. The van der Waals surface area contributed by atoms with Gasteiger partial charge in [0.25, 0.3) is 5.91 Å². The van der Waals surface area contributed by atoms with E-state index in [0.717, 1.165) is 24.8 Å². The van der Waals surface area contributed by atoms with Crippen molar-refractivity contribution in [3.05, 3.63) is 29.3 Å². The SMILES string of the molecule is Cc1ccc(C(=O)NC2CCCC2N)cc1O. The lowest BCUT2D eigenvalue weighted by molar-refractivity contribution is 0.0934. The molecule has 1 aliphatic rings. The van der Waals surface area contributed by atoms with Gasteiger partial charge in [0.15, 0.2) is 0 Å². The Hall–Kier alpha value is -1.55. The van der Waals surface area contributed by atoms with E-state index in [4.69, 9.17) is 5.73 Å². The van der Waals surface area contributed by atoms with Crippen molar-refractivity contribution in [2.75, 3.05) is 0 Å². The Balaban J connectivity index is 2.06. The fourth-order valence-corrected chi connectivity index (χ4v) is 2.17. The normalized spacial score (nSPS) is 23.6. The van der Waals surface area contributed by atoms with E-state index in [1.165, 1.54) is 6.07 Å². The van der Waals surface area contributed by atoms with Crippen LogP contribution in [-0.2, 0) is 0 Å². The molecule has 0 aliphatic heterocycles. The average molecular weight is 234 g/mol. The molecule has 17 heavy (non-hydrogen) atoms. The predicted octanol–water partition coefficient (Wildman–Crippen LogP) is 1.31. The summed E-state index contributed by atoms with van der Waals surface area (Å²) in [6.45, 7) is 1.80. The Bertz CT molecular complexity index is 431. The van der Waals surface area contributed by atoms with Gasteiger partial charge in [0.05, 0.1) is 0 Å². The third-order valence-electron chi connectivity index (χ3n) is 3.36. The second-order valence-corrected chi connectivity index (χ2v) is 4.68. The van der Waals surface area contributed by atoms with Gasteiger partial charge in [-0.1, -0.05) is 6.07 Å². The second-order valence-electron chi connectivity index (χ2n) is 4.68. The van der Waals surface area contributed by atoms with Crippen molar-refractivity contribution >= 4 is 5.91 Å². The summed E-state index contributed by atoms with van der Waals surface area (Å²) >= 11 is 0. The Kier molecular flexibility index (Phi) is 3.33. The van der Waals surface area contributed by atoms with Crippen LogP contribution in [0.15, 0.2) is 18.2 Å². The molecule has 4 heteroatoms. The largest absolute Gasteiger partial charge is 0.508 e. The minimum Gasteiger partial charge on any atom is -0.508 e. The van der Waals surface area contributed by atoms with Crippen molar-refractivity contribution in [1.29, 1.82) is 0 Å². The molecule has 1 fully saturated rings. The summed E-state index contributed by atoms with van der Waals surface area (Å²) in [5.41, 5.74) is 7.14. The summed E-state index contributed by atoms with van der Waals surface area (Å²) in [5.74, 6) is -0.0176. The lowest BCUT2D eigenvalue weighted by atomic mass is 10.1. The zero-order chi connectivity index (χ0) is 12.4. The minimum atomic E-state index is -0.164. The fraction of sp³-hybridized carbons (Fsp3) is 0.462. The van der Waals surface area contributed by atoms with Crippen molar-refractivity contribution in [1.82, 2.24) is 5.32 Å². The highest BCUT2D eigenvalue weighted by atomic mass is 16.3. The molecule has 4 nitrogen and oxygen atoms in total. The van der Waals surface area contributed by atoms with Gasteiger partial charge < -0.3 is 16.2 Å². The quantitative estimate of drug-likeness (QED) is 0.722. The summed E-state index contributed by atoms with van der Waals surface area (Å²) in [6, 6.07) is 5.05. The van der Waals surface area contributed by atoms with Crippen LogP contribution in [0, 0.1) is 6.92 Å². The van der Waals surface area contributed by atoms with Crippen molar-refractivity contribution in [2.45, 2.75) is 38.3 Å². The number of phenols is 1. The van der Waals surface area contributed by atoms with Gasteiger partial charge in [-0.2, -0.15) is 0 Å². The summed E-state index contributed by atoms with van der Waals surface area (Å²) in [7, 11) is 0. The molecular weight excluding hydrogens is 216 g/mol. The van der Waals surface area contributed by atoms with Gasteiger partial charge in [-0.3, -0.25) is 4.79 Å². The highest BCUT2D eigenvalue weighted by Gasteiger charge is 2.25. The number of nitrogens with two attached hydrogens (primary N) is 1. The first-order chi connectivity index (χ1) is 8.08. The summed E-state index contributed by atoms with van der Waals surface area (Å²) in [5, 5.41) is 12.5. The third kappa shape index (κ3) is 2.58. The molecule has 2 rings (SSSR count). The maximum Gasteiger partial charge on any atom is 0.251 e. The van der Waals surface area contributed by atoms with Crippen molar-refractivity contribution in [2.24, 2.45) is 5.73 Å². The van der Waals surface area contributed by atoms with E-state index in [-0.39, 0.29) is 23.7 Å². The number of phenolic OH excluding ortho intramolecular Hbond substituents is 1. The molecule has 2 atom stereocenters. The van der Waals surface area contributed by atoms with Gasteiger partial charge in [0.1, 0.15) is 5.75 Å². The monoisotopic (exact) mass is 234 g/mol. The molecule has 0 bridgehead atoms. The van der Waals surface area contributed by atoms with Crippen LogP contribution in [0.3, 0.4) is 0 Å². The van der Waals surface area contributed by atoms with Gasteiger partial charge in [-0.15, -0.1) is 0 Å². The Morgan fingerprint density at radius 1 is 1.47 bits per heavy atom. The van der Waals surface area contributed by atoms with Crippen molar-refractivity contribution in [3.63, 3.8) is 0 Å². The summed E-state index contributed by atoms with van der Waals surface area (Å²) < 4.78 is 0. The Morgan fingerprint density at radius 3 is 2.82 bits per heavy atom. The molecule has 0 heterocycles. The number of benzene rings is 1. The van der Waals surface area contributed by atoms with Crippen LogP contribution in [0.1, 0.15) is 35.2 Å². The molecule has 4 N–H and O–H groups in total. The zero-order valence-electron chi connectivity index (χ0n) is 9.94. The Labute approximate surface area is 101 Å². The van der Waals surface area contributed by atoms with Gasteiger partial charge in [-0.05, 0) is 43.9 Å². The maximum atomic E-state index is 11.9. The molecule has 0 spiro atoms. The molecule has 1 aromatic rings. The first-order valence-corrected chi connectivity index (χ1v) is 5.94. The molecule has 0 aromatic heterocycles. The molecule has 1 saturated carbocycles. The lowest BCUT2D eigenvalue weighted by Crippen LogP contribution is -2.43. The highest BCUT2D eigenvalue weighted by molar-refractivity contribution is 5.94. The highest BCUT2D eigenvalue weighted by Crippen LogP contribution is 2.20. The lowest BCUT2D eigenvalue weighted by Gasteiger charge is -2.17. The van der Waals surface area contributed by atoms with E-state index in [9.17, 15) is 9.90 Å². The van der Waals surface area contributed by atoms with Gasteiger partial charge in [0.2, 0.25) is 0 Å². The number of aromatic hydroxyl groups is 1. The number of carbonyl (C=O) groups excluding carboxylic acids is 1. The number of amides is 1. The molecule has 1 aliphatic carbocycles. The van der Waals surface area contributed by atoms with Crippen LogP contribution in [0.2, 0.25) is 0 Å². The van der Waals surface area contributed by atoms with Crippen LogP contribution in [0.25, 0.3) is 0 Å². The molecule has 1 aromatic carbocycles. The summed E-state index contributed by atoms with van der Waals surface area (Å²) in [6.07, 6.45) is 2.96. The van der Waals surface area contributed by atoms with Gasteiger partial charge in [-0.25, -0.2) is 0 Å². The molecule has 92 valence electrons. The smallest absolute Gasteiger partial charge is 0.251 e. The van der Waals surface area contributed by atoms with Gasteiger partial charge in [0, 0.05) is 17.6 Å². The van der Waals surface area contributed by atoms with Crippen LogP contribution in [-0.4, -0.2) is 23.1 Å². The molecule has 0 radical (unpaired) electrons. The van der Waals surface area contributed by atoms with Crippen molar-refractivity contribution < 1.29 is 9.90 Å². The first-order valence-electron chi connectivity index (χ1n) is 5.94. The first kappa shape index (κ1) is 11.9. The van der Waals surface area contributed by atoms with Gasteiger partial charge >= 0.3 is 0 Å². The number of aryl methyl sites for hydroxylation is 1. The molecule has 1 amide bonds. The zero-order valence-corrected chi connectivity index (χ0v) is 9.94. The third-order valence-corrected chi connectivity index (χ3v) is 3.36. The van der Waals surface area contributed by atoms with E-state index in [2.05, 4.69) is 5.32 Å². The number of rotatable bonds is 2.